The molecule has 2 aliphatic heterocycles. The molecule has 0 spiro atoms. The topological polar surface area (TPSA) is 155 Å². The summed E-state index contributed by atoms with van der Waals surface area (Å²) in [7, 11) is 0. The summed E-state index contributed by atoms with van der Waals surface area (Å²) in [6, 6.07) is 9.18. The number of aliphatic hydroxyl groups excluding tert-OH is 3. The molecule has 10 heteroatoms. The van der Waals surface area contributed by atoms with Gasteiger partial charge in [0, 0.05) is 17.4 Å². The first-order valence-corrected chi connectivity index (χ1v) is 16.5. The van der Waals surface area contributed by atoms with Gasteiger partial charge in [-0.05, 0) is 62.2 Å². The molecule has 3 aliphatic carbocycles. The summed E-state index contributed by atoms with van der Waals surface area (Å²) in [4.78, 5) is 11.9. The van der Waals surface area contributed by atoms with Gasteiger partial charge in [-0.2, -0.15) is 0 Å². The fraction of sp³-hybridized carbons (Fsp3) is 0.639. The zero-order valence-corrected chi connectivity index (χ0v) is 27.0. The van der Waals surface area contributed by atoms with Gasteiger partial charge in [0.25, 0.3) is 0 Å². The number of ether oxygens (including phenoxy) is 4. The summed E-state index contributed by atoms with van der Waals surface area (Å²) < 4.78 is 26.4. The van der Waals surface area contributed by atoms with Crippen LogP contribution in [0, 0.1) is 23.7 Å². The van der Waals surface area contributed by atoms with Crippen LogP contribution < -0.4 is 0 Å². The molecule has 0 unspecified atom stereocenters. The van der Waals surface area contributed by atoms with Crippen molar-refractivity contribution in [3.8, 4) is 0 Å². The minimum Gasteiger partial charge on any atom is -0.390 e. The molecule has 10 nitrogen and oxygen atoms in total. The number of allylic oxidation sites excluding steroid dienone is 3. The maximum absolute atomic E-state index is 12.6. The van der Waals surface area contributed by atoms with Crippen LogP contribution in [0.1, 0.15) is 58.9 Å². The Labute approximate surface area is 270 Å². The third-order valence-electron chi connectivity index (χ3n) is 11.5. The number of hydrogen-bond acceptors (Lipinski definition) is 10. The number of carbonyl (C=O) groups excluding carboxylic acids is 1. The number of ketones is 1. The molecule has 0 radical (unpaired) electrons. The van der Waals surface area contributed by atoms with E-state index in [-0.39, 0.29) is 18.8 Å². The number of carbonyl (C=O) groups is 1. The Morgan fingerprint density at radius 3 is 2.43 bits per heavy atom. The average Bonchev–Trinajstić information content (AvgIpc) is 3.39. The summed E-state index contributed by atoms with van der Waals surface area (Å²) in [5.74, 6) is -4.69. The summed E-state index contributed by atoms with van der Waals surface area (Å²) in [6.07, 6.45) is 1.95. The molecule has 5 aliphatic rings. The Bertz CT molecular complexity index is 1400. The van der Waals surface area contributed by atoms with Gasteiger partial charge in [-0.25, -0.2) is 0 Å². The molecule has 1 aromatic rings. The smallest absolute Gasteiger partial charge is 0.313 e. The lowest BCUT2D eigenvalue weighted by Gasteiger charge is -2.61. The summed E-state index contributed by atoms with van der Waals surface area (Å²) in [5.41, 5.74) is -6.02. The molecule has 5 fully saturated rings. The quantitative estimate of drug-likeness (QED) is 0.147. The molecule has 1 aromatic carbocycles. The zero-order valence-electron chi connectivity index (χ0n) is 27.0. The molecule has 0 amide bonds. The van der Waals surface area contributed by atoms with Crippen LogP contribution in [0.25, 0.3) is 0 Å². The predicted molar refractivity (Wildman–Crippen MR) is 167 cm³/mol. The average molecular weight is 641 g/mol. The van der Waals surface area contributed by atoms with E-state index < -0.39 is 83.1 Å². The lowest BCUT2D eigenvalue weighted by Crippen LogP contribution is -2.73. The van der Waals surface area contributed by atoms with Gasteiger partial charge in [0.15, 0.2) is 5.78 Å². The maximum atomic E-state index is 12.6. The van der Waals surface area contributed by atoms with Crippen LogP contribution in [0.3, 0.4) is 0 Å². The fourth-order valence-corrected chi connectivity index (χ4v) is 9.29. The Kier molecular flexibility index (Phi) is 8.57. The van der Waals surface area contributed by atoms with Crippen LogP contribution in [0.4, 0.5) is 0 Å². The highest BCUT2D eigenvalue weighted by molar-refractivity contribution is 5.99. The number of hydrogen-bond donors (Lipinski definition) is 5. The highest BCUT2D eigenvalue weighted by Crippen LogP contribution is 2.72. The molecule has 6 rings (SSSR count). The van der Waals surface area contributed by atoms with Gasteiger partial charge >= 0.3 is 5.97 Å². The highest BCUT2D eigenvalue weighted by atomic mass is 16.9. The first kappa shape index (κ1) is 33.6. The lowest BCUT2D eigenvalue weighted by molar-refractivity contribution is -0.446. The molecule has 2 heterocycles. The van der Waals surface area contributed by atoms with E-state index in [1.54, 1.807) is 19.1 Å². The minimum absolute atomic E-state index is 0.0579. The van der Waals surface area contributed by atoms with Gasteiger partial charge in [0.2, 0.25) is 0 Å². The Morgan fingerprint density at radius 1 is 1.07 bits per heavy atom. The van der Waals surface area contributed by atoms with Gasteiger partial charge in [0.05, 0.1) is 31.0 Å². The zero-order chi connectivity index (χ0) is 33.3. The molecule has 2 saturated heterocycles. The van der Waals surface area contributed by atoms with Crippen LogP contribution in [-0.4, -0.2) is 91.3 Å². The van der Waals surface area contributed by atoms with Crippen LogP contribution >= 0.6 is 0 Å². The van der Waals surface area contributed by atoms with E-state index in [0.717, 1.165) is 6.42 Å². The largest absolute Gasteiger partial charge is 0.390 e. The third kappa shape index (κ3) is 4.53. The second-order valence-corrected chi connectivity index (χ2v) is 14.2. The molecule has 252 valence electrons. The Morgan fingerprint density at radius 2 is 1.76 bits per heavy atom. The maximum Gasteiger partial charge on any atom is 0.313 e. The lowest BCUT2D eigenvalue weighted by atomic mass is 9.53. The van der Waals surface area contributed by atoms with Crippen LogP contribution in [0.5, 0.6) is 0 Å². The SMILES string of the molecule is C=C(C)[C@]12C[C@@H](C)[C@@]34O[C@](c5ccccc5)(O[C@@H]1[C@@H]3[C@H](O)[C@](O)(COCC/C=C/C(=O)/C=C/CC)[C@@H](O)[C@@]1(O)[C@H]4C[C@H](C)[C@@H]1O)O2. The van der Waals surface area contributed by atoms with Crippen LogP contribution in [-0.2, 0) is 29.7 Å². The molecule has 46 heavy (non-hydrogen) atoms. The van der Waals surface area contributed by atoms with Gasteiger partial charge in [0.1, 0.15) is 29.0 Å². The second-order valence-electron chi connectivity index (χ2n) is 14.2. The van der Waals surface area contributed by atoms with E-state index in [1.807, 2.05) is 51.1 Å². The molecular weight excluding hydrogens is 592 g/mol. The predicted octanol–water partition coefficient (Wildman–Crippen LogP) is 2.66. The Hall–Kier alpha value is -2.25. The summed E-state index contributed by atoms with van der Waals surface area (Å²) in [5, 5.41) is 60.9. The van der Waals surface area contributed by atoms with Crippen molar-refractivity contribution in [1.29, 1.82) is 0 Å². The van der Waals surface area contributed by atoms with E-state index in [4.69, 9.17) is 18.9 Å². The molecule has 13 atom stereocenters. The number of rotatable bonds is 10. The van der Waals surface area contributed by atoms with Gasteiger partial charge < -0.3 is 44.5 Å². The van der Waals surface area contributed by atoms with Crippen molar-refractivity contribution < 1.29 is 49.3 Å². The number of benzene rings is 1. The minimum atomic E-state index is -2.45. The number of fused-ring (bicyclic) bond motifs is 2. The third-order valence-corrected chi connectivity index (χ3v) is 11.5. The van der Waals surface area contributed by atoms with Crippen molar-refractivity contribution in [1.82, 2.24) is 0 Å². The van der Waals surface area contributed by atoms with Gasteiger partial charge in [-0.3, -0.25) is 4.79 Å². The first-order valence-electron chi connectivity index (χ1n) is 16.5. The molecular formula is C36H48O10. The van der Waals surface area contributed by atoms with Crippen molar-refractivity contribution in [3.05, 3.63) is 72.4 Å². The van der Waals surface area contributed by atoms with Crippen molar-refractivity contribution in [2.45, 2.75) is 106 Å². The van der Waals surface area contributed by atoms with E-state index in [1.165, 1.54) is 12.2 Å². The van der Waals surface area contributed by atoms with Crippen molar-refractivity contribution in [2.75, 3.05) is 13.2 Å². The van der Waals surface area contributed by atoms with E-state index in [0.29, 0.717) is 24.0 Å². The Balaban J connectivity index is 1.42. The van der Waals surface area contributed by atoms with Gasteiger partial charge in [-0.1, -0.05) is 69.8 Å². The normalized spacial score (nSPS) is 47.7. The summed E-state index contributed by atoms with van der Waals surface area (Å²) >= 11 is 0. The molecule has 0 aromatic heterocycles. The van der Waals surface area contributed by atoms with Crippen molar-refractivity contribution in [2.24, 2.45) is 23.7 Å². The van der Waals surface area contributed by atoms with Crippen molar-refractivity contribution >= 4 is 5.78 Å². The molecule has 3 bridgehead atoms. The second kappa shape index (κ2) is 11.7. The monoisotopic (exact) mass is 640 g/mol. The number of aliphatic hydroxyl groups is 5. The van der Waals surface area contributed by atoms with Crippen molar-refractivity contribution in [3.63, 3.8) is 0 Å². The molecule has 3 saturated carbocycles. The first-order chi connectivity index (χ1) is 21.7. The molecule has 5 N–H and O–H groups in total. The standard InChI is InChI=1S/C36H48O10/c1-6-7-15-25(37)16-11-12-17-43-20-32(41)29(39)27-30-33(21(2)3)19-23(5)35(27,26-18-22(4)28(38)34(26,42)31(32)40)46-36(44-30,45-33)24-13-9-8-10-14-24/h7-11,13-16,22-23,26-31,38-42H,2,6,12,17-20H2,1,3-5H3/b15-7+,16-11+/t22-,23+,26+,27-,28-,29-,30+,31+,32+,33+,34+,35-,36+/m0/s1. The van der Waals surface area contributed by atoms with Gasteiger partial charge in [-0.15, -0.1) is 0 Å². The van der Waals surface area contributed by atoms with E-state index in [2.05, 4.69) is 6.58 Å². The van der Waals surface area contributed by atoms with Crippen LogP contribution in [0.15, 0.2) is 66.8 Å². The highest BCUT2D eigenvalue weighted by Gasteiger charge is 2.84. The van der Waals surface area contributed by atoms with Crippen LogP contribution in [0.2, 0.25) is 0 Å². The fourth-order valence-electron chi connectivity index (χ4n) is 9.29. The summed E-state index contributed by atoms with van der Waals surface area (Å²) in [6.45, 7) is 11.3. The van der Waals surface area contributed by atoms with E-state index in [9.17, 15) is 30.3 Å². The van der Waals surface area contributed by atoms with E-state index >= 15 is 0 Å².